The van der Waals surface area contributed by atoms with Gasteiger partial charge in [-0.2, -0.15) is 0 Å². The van der Waals surface area contributed by atoms with Crippen molar-refractivity contribution in [2.75, 3.05) is 18.1 Å². The molecule has 0 amide bonds. The van der Waals surface area contributed by atoms with Crippen LogP contribution in [0.5, 0.6) is 0 Å². The molecular formula is C17H18ClN2S+. The Morgan fingerprint density at radius 2 is 1.86 bits per heavy atom. The molecular weight excluding hydrogens is 300 g/mol. The van der Waals surface area contributed by atoms with Crippen molar-refractivity contribution in [3.63, 3.8) is 0 Å². The van der Waals surface area contributed by atoms with Gasteiger partial charge in [0, 0.05) is 5.02 Å². The van der Waals surface area contributed by atoms with Gasteiger partial charge in [0.15, 0.2) is 0 Å². The number of amidine groups is 1. The van der Waals surface area contributed by atoms with E-state index in [0.29, 0.717) is 5.92 Å². The maximum atomic E-state index is 6.18. The first-order valence-electron chi connectivity index (χ1n) is 7.02. The van der Waals surface area contributed by atoms with Crippen LogP contribution in [-0.2, 0) is 10.9 Å². The minimum Gasteiger partial charge on any atom is -0.343 e. The molecule has 0 aliphatic carbocycles. The van der Waals surface area contributed by atoms with Gasteiger partial charge in [0.25, 0.3) is 0 Å². The Balaban J connectivity index is 1.93. The summed E-state index contributed by atoms with van der Waals surface area (Å²) >= 11 is 6.18. The number of aliphatic imine (C=N–C) groups is 1. The van der Waals surface area contributed by atoms with Crippen LogP contribution in [0.15, 0.2) is 59.6 Å². The molecule has 21 heavy (non-hydrogen) atoms. The van der Waals surface area contributed by atoms with E-state index in [2.05, 4.69) is 41.4 Å². The highest BCUT2D eigenvalue weighted by Gasteiger charge is 2.33. The smallest absolute Gasteiger partial charge is 0.311 e. The first kappa shape index (κ1) is 14.5. The Bertz CT molecular complexity index is 642. The zero-order valence-corrected chi connectivity index (χ0v) is 13.3. The van der Waals surface area contributed by atoms with E-state index in [0.717, 1.165) is 28.2 Å². The molecule has 0 saturated carbocycles. The second-order valence-corrected chi connectivity index (χ2v) is 7.68. The van der Waals surface area contributed by atoms with Crippen LogP contribution < -0.4 is 5.73 Å². The van der Waals surface area contributed by atoms with Crippen LogP contribution in [0.3, 0.4) is 0 Å². The predicted molar refractivity (Wildman–Crippen MR) is 93.3 cm³/mol. The number of hydrogen-bond donors (Lipinski definition) is 1. The summed E-state index contributed by atoms with van der Waals surface area (Å²) < 4.78 is 0. The maximum Gasteiger partial charge on any atom is 0.311 e. The summed E-state index contributed by atoms with van der Waals surface area (Å²) in [6.07, 6.45) is 0. The second-order valence-electron chi connectivity index (χ2n) is 5.10. The number of nitrogens with two attached hydrogens (primary N) is 1. The van der Waals surface area contributed by atoms with Gasteiger partial charge in [0.1, 0.15) is 11.5 Å². The molecule has 2 aromatic carbocycles. The van der Waals surface area contributed by atoms with Crippen LogP contribution in [0.25, 0.3) is 0 Å². The molecule has 1 heterocycles. The Kier molecular flexibility index (Phi) is 4.51. The average Bonchev–Trinajstić information content (AvgIpc) is 2.91. The fourth-order valence-electron chi connectivity index (χ4n) is 2.63. The Labute approximate surface area is 133 Å². The molecule has 0 radical (unpaired) electrons. The lowest BCUT2D eigenvalue weighted by atomic mass is 9.93. The molecule has 1 aliphatic rings. The van der Waals surface area contributed by atoms with Gasteiger partial charge in [-0.05, 0) is 23.3 Å². The minimum atomic E-state index is 0.0750. The van der Waals surface area contributed by atoms with Crippen LogP contribution >= 0.6 is 11.6 Å². The molecule has 2 unspecified atom stereocenters. The van der Waals surface area contributed by atoms with Crippen molar-refractivity contribution in [3.8, 4) is 0 Å². The first-order chi connectivity index (χ1) is 10.2. The number of halogens is 1. The number of hydrogen-bond acceptors (Lipinski definition) is 2. The molecule has 2 N–H and O–H groups in total. The fraction of sp³-hybridized carbons (Fsp3) is 0.235. The third kappa shape index (κ3) is 3.42. The normalized spacial score (nSPS) is 19.3. The van der Waals surface area contributed by atoms with Gasteiger partial charge in [0.2, 0.25) is 0 Å². The number of rotatable bonds is 4. The summed E-state index contributed by atoms with van der Waals surface area (Å²) in [6, 6.07) is 18.7. The molecule has 0 saturated heterocycles. The van der Waals surface area contributed by atoms with E-state index in [1.165, 1.54) is 11.1 Å². The van der Waals surface area contributed by atoms with Crippen molar-refractivity contribution in [2.45, 2.75) is 5.92 Å². The largest absolute Gasteiger partial charge is 0.343 e. The van der Waals surface area contributed by atoms with E-state index >= 15 is 0 Å². The Morgan fingerprint density at radius 1 is 1.10 bits per heavy atom. The molecule has 0 spiro atoms. The summed E-state index contributed by atoms with van der Waals surface area (Å²) in [7, 11) is 0.0750. The van der Waals surface area contributed by atoms with Gasteiger partial charge in [-0.25, -0.2) is 4.99 Å². The van der Waals surface area contributed by atoms with Crippen molar-refractivity contribution in [1.29, 1.82) is 0 Å². The van der Waals surface area contributed by atoms with Gasteiger partial charge in [-0.3, -0.25) is 0 Å². The van der Waals surface area contributed by atoms with Crippen molar-refractivity contribution in [3.05, 3.63) is 70.7 Å². The zero-order chi connectivity index (χ0) is 14.7. The van der Waals surface area contributed by atoms with Crippen LogP contribution in [0.4, 0.5) is 0 Å². The van der Waals surface area contributed by atoms with Crippen LogP contribution in [0.2, 0.25) is 5.02 Å². The summed E-state index contributed by atoms with van der Waals surface area (Å²) in [6.45, 7) is 0.867. The summed E-state index contributed by atoms with van der Waals surface area (Å²) in [4.78, 5) is 4.36. The topological polar surface area (TPSA) is 38.4 Å². The van der Waals surface area contributed by atoms with Crippen LogP contribution in [0.1, 0.15) is 17.0 Å². The van der Waals surface area contributed by atoms with E-state index in [9.17, 15) is 0 Å². The standard InChI is InChI=1S/C17H18ClN2S/c18-15-8-4-7-14(11-15)16(13-5-2-1-3-6-13)12-21-10-9-20-17(21)19/h1-8,11,16H,9-10,12H2,(H2,19,20)/q+1. The van der Waals surface area contributed by atoms with Gasteiger partial charge >= 0.3 is 5.17 Å². The molecule has 2 nitrogen and oxygen atoms in total. The SMILES string of the molecule is NC1=NCC[S+]1CC(c1ccccc1)c1cccc(Cl)c1. The fourth-order valence-corrected chi connectivity index (χ4v) is 4.74. The highest BCUT2D eigenvalue weighted by atomic mass is 35.5. The molecule has 2 atom stereocenters. The first-order valence-corrected chi connectivity index (χ1v) is 8.96. The lowest BCUT2D eigenvalue weighted by Crippen LogP contribution is -2.28. The van der Waals surface area contributed by atoms with Gasteiger partial charge in [-0.1, -0.05) is 54.1 Å². The third-order valence-electron chi connectivity index (χ3n) is 3.72. The molecule has 3 rings (SSSR count). The summed E-state index contributed by atoms with van der Waals surface area (Å²) in [5.74, 6) is 2.41. The Morgan fingerprint density at radius 3 is 2.52 bits per heavy atom. The van der Waals surface area contributed by atoms with Crippen molar-refractivity contribution < 1.29 is 0 Å². The monoisotopic (exact) mass is 317 g/mol. The third-order valence-corrected chi connectivity index (χ3v) is 6.09. The minimum absolute atomic E-state index is 0.0750. The summed E-state index contributed by atoms with van der Waals surface area (Å²) in [5.41, 5.74) is 8.61. The molecule has 1 aliphatic heterocycles. The van der Waals surface area contributed by atoms with Gasteiger partial charge in [0.05, 0.1) is 23.4 Å². The molecule has 0 fully saturated rings. The van der Waals surface area contributed by atoms with E-state index in [4.69, 9.17) is 17.3 Å². The van der Waals surface area contributed by atoms with Crippen molar-refractivity contribution in [2.24, 2.45) is 10.7 Å². The molecule has 4 heteroatoms. The highest BCUT2D eigenvalue weighted by Crippen LogP contribution is 2.29. The van der Waals surface area contributed by atoms with Crippen LogP contribution in [-0.4, -0.2) is 23.2 Å². The van der Waals surface area contributed by atoms with E-state index in [1.807, 2.05) is 18.2 Å². The maximum absolute atomic E-state index is 6.18. The predicted octanol–water partition coefficient (Wildman–Crippen LogP) is 3.42. The molecule has 0 bridgehead atoms. The van der Waals surface area contributed by atoms with Gasteiger partial charge in [-0.15, -0.1) is 0 Å². The lowest BCUT2D eigenvalue weighted by molar-refractivity contribution is 0.933. The molecule has 0 aromatic heterocycles. The van der Waals surface area contributed by atoms with E-state index < -0.39 is 0 Å². The number of nitrogens with zero attached hydrogens (tertiary/aromatic N) is 1. The lowest BCUT2D eigenvalue weighted by Gasteiger charge is -2.17. The van der Waals surface area contributed by atoms with E-state index in [1.54, 1.807) is 0 Å². The summed E-state index contributed by atoms with van der Waals surface area (Å²) in [5, 5.41) is 1.61. The molecule has 2 aromatic rings. The highest BCUT2D eigenvalue weighted by molar-refractivity contribution is 8.11. The molecule has 108 valence electrons. The van der Waals surface area contributed by atoms with Crippen molar-refractivity contribution in [1.82, 2.24) is 0 Å². The van der Waals surface area contributed by atoms with Crippen LogP contribution in [0, 0.1) is 0 Å². The second kappa shape index (κ2) is 6.54. The Hall–Kier alpha value is -1.45. The quantitative estimate of drug-likeness (QED) is 0.862. The van der Waals surface area contributed by atoms with Crippen molar-refractivity contribution >= 4 is 27.7 Å². The van der Waals surface area contributed by atoms with Gasteiger partial charge < -0.3 is 5.73 Å². The zero-order valence-electron chi connectivity index (χ0n) is 11.7. The average molecular weight is 318 g/mol. The van der Waals surface area contributed by atoms with E-state index in [-0.39, 0.29) is 10.9 Å². The number of benzene rings is 2.